The highest BCUT2D eigenvalue weighted by atomic mass is 35.5. The first kappa shape index (κ1) is 23.4. The molecular formula is C25H26ClN7O. The predicted octanol–water partition coefficient (Wildman–Crippen LogP) is 5.41. The van der Waals surface area contributed by atoms with Gasteiger partial charge in [-0.1, -0.05) is 60.1 Å². The Hall–Kier alpha value is -3.78. The number of benzene rings is 3. The number of halogens is 1. The van der Waals surface area contributed by atoms with E-state index in [1.165, 1.54) is 0 Å². The number of hydrogen-bond donors (Lipinski definition) is 2. The first-order valence-corrected chi connectivity index (χ1v) is 11.6. The van der Waals surface area contributed by atoms with Gasteiger partial charge in [0.1, 0.15) is 17.2 Å². The van der Waals surface area contributed by atoms with Gasteiger partial charge in [-0.25, -0.2) is 4.68 Å². The van der Waals surface area contributed by atoms with Crippen molar-refractivity contribution >= 4 is 39.6 Å². The van der Waals surface area contributed by atoms with Crippen molar-refractivity contribution in [2.24, 2.45) is 5.92 Å². The maximum absolute atomic E-state index is 12.7. The van der Waals surface area contributed by atoms with Crippen LogP contribution in [-0.4, -0.2) is 36.3 Å². The molecule has 8 nitrogen and oxygen atoms in total. The number of aromatic amines is 1. The van der Waals surface area contributed by atoms with Crippen LogP contribution < -0.4 is 5.32 Å². The summed E-state index contributed by atoms with van der Waals surface area (Å²) >= 11 is 5.91. The van der Waals surface area contributed by atoms with E-state index in [1.54, 1.807) is 24.3 Å². The minimum Gasteiger partial charge on any atom is -0.330 e. The summed E-state index contributed by atoms with van der Waals surface area (Å²) in [4.78, 5) is 12.7. The zero-order valence-electron chi connectivity index (χ0n) is 19.0. The average molecular weight is 476 g/mol. The molecule has 0 fully saturated rings. The molecular weight excluding hydrogens is 450 g/mol. The van der Waals surface area contributed by atoms with Gasteiger partial charge in [-0.05, 0) is 67.3 Å². The number of nitrogens with zero attached hydrogens (tertiary/aromatic N) is 5. The van der Waals surface area contributed by atoms with Crippen LogP contribution in [0.3, 0.4) is 0 Å². The Labute approximate surface area is 202 Å². The van der Waals surface area contributed by atoms with Crippen LogP contribution in [0, 0.1) is 5.92 Å². The van der Waals surface area contributed by atoms with Gasteiger partial charge in [0.05, 0.1) is 11.0 Å². The number of para-hydroxylation sites is 2. The van der Waals surface area contributed by atoms with Crippen molar-refractivity contribution in [3.05, 3.63) is 83.4 Å². The summed E-state index contributed by atoms with van der Waals surface area (Å²) < 4.78 is 1.82. The molecule has 5 aromatic rings. The van der Waals surface area contributed by atoms with Gasteiger partial charge in [0.15, 0.2) is 0 Å². The molecule has 2 N–H and O–H groups in total. The van der Waals surface area contributed by atoms with Gasteiger partial charge >= 0.3 is 0 Å². The van der Waals surface area contributed by atoms with Crippen LogP contribution in [0.2, 0.25) is 5.02 Å². The van der Waals surface area contributed by atoms with Gasteiger partial charge in [-0.15, -0.1) is 10.2 Å². The average Bonchev–Trinajstić information content (AvgIpc) is 3.52. The third-order valence-electron chi connectivity index (χ3n) is 5.75. The zero-order valence-corrected chi connectivity index (χ0v) is 19.8. The van der Waals surface area contributed by atoms with Gasteiger partial charge in [-0.2, -0.15) is 0 Å². The molecule has 0 aliphatic heterocycles. The Kier molecular flexibility index (Phi) is 7.49. The number of aromatic nitrogens is 6. The first-order chi connectivity index (χ1) is 16.6. The fourth-order valence-corrected chi connectivity index (χ4v) is 3.94. The molecule has 0 bridgehead atoms. The summed E-state index contributed by atoms with van der Waals surface area (Å²) in [6.07, 6.45) is 1.59. The first-order valence-electron chi connectivity index (χ1n) is 11.2. The van der Waals surface area contributed by atoms with Crippen LogP contribution in [0.4, 0.5) is 0 Å². The van der Waals surface area contributed by atoms with Crippen molar-refractivity contribution in [2.45, 2.75) is 32.9 Å². The number of nitrogens with one attached hydrogen (secondary N) is 2. The summed E-state index contributed by atoms with van der Waals surface area (Å²) in [7, 11) is 0. The number of carbonyl (C=O) groups is 1. The number of carbonyl (C=O) groups excluding carboxylic acids is 1. The fraction of sp³-hybridized carbons (Fsp3) is 0.240. The lowest BCUT2D eigenvalue weighted by Crippen LogP contribution is -2.37. The molecule has 0 saturated heterocycles. The van der Waals surface area contributed by atoms with Crippen LogP contribution >= 0.6 is 11.6 Å². The molecule has 9 heteroatoms. The third kappa shape index (κ3) is 5.23. The van der Waals surface area contributed by atoms with Crippen LogP contribution in [-0.2, 0) is 0 Å². The predicted molar refractivity (Wildman–Crippen MR) is 133 cm³/mol. The van der Waals surface area contributed by atoms with Gasteiger partial charge in [0.25, 0.3) is 5.91 Å². The fourth-order valence-electron chi connectivity index (χ4n) is 3.81. The standard InChI is InChI=1S/C19H21ClN4O.C6H5N3/c1-3-13(4-2)18(21-19(25)14-9-11-15(20)12-10-14)24-17-8-6-5-7-16(17)22-23-24;1-2-4-6-5(3-1)7-9-8-6/h5-13,18H,3-4H2,1-2H3,(H,21,25);1-4H,(H,7,8,9). The molecule has 174 valence electrons. The lowest BCUT2D eigenvalue weighted by atomic mass is 9.99. The third-order valence-corrected chi connectivity index (χ3v) is 6.01. The maximum Gasteiger partial charge on any atom is 0.252 e. The monoisotopic (exact) mass is 475 g/mol. The lowest BCUT2D eigenvalue weighted by Gasteiger charge is -2.27. The van der Waals surface area contributed by atoms with E-state index in [0.29, 0.717) is 10.6 Å². The molecule has 0 radical (unpaired) electrons. The number of hydrogen-bond acceptors (Lipinski definition) is 5. The van der Waals surface area contributed by atoms with Gasteiger partial charge < -0.3 is 5.32 Å². The van der Waals surface area contributed by atoms with Crippen molar-refractivity contribution in [1.82, 2.24) is 35.7 Å². The molecule has 1 amide bonds. The second-order valence-electron chi connectivity index (χ2n) is 7.85. The van der Waals surface area contributed by atoms with E-state index in [2.05, 4.69) is 44.9 Å². The number of amides is 1. The van der Waals surface area contributed by atoms with Crippen LogP contribution in [0.15, 0.2) is 72.8 Å². The highest BCUT2D eigenvalue weighted by Gasteiger charge is 2.25. The van der Waals surface area contributed by atoms with E-state index in [-0.39, 0.29) is 18.0 Å². The van der Waals surface area contributed by atoms with Crippen molar-refractivity contribution in [2.75, 3.05) is 0 Å². The van der Waals surface area contributed by atoms with Crippen LogP contribution in [0.5, 0.6) is 0 Å². The highest BCUT2D eigenvalue weighted by Crippen LogP contribution is 2.25. The molecule has 1 atom stereocenters. The second kappa shape index (κ2) is 10.9. The molecule has 5 rings (SSSR count). The Morgan fingerprint density at radius 1 is 0.941 bits per heavy atom. The number of H-pyrrole nitrogens is 1. The van der Waals surface area contributed by atoms with E-state index >= 15 is 0 Å². The summed E-state index contributed by atoms with van der Waals surface area (Å²) in [6.45, 7) is 4.24. The van der Waals surface area contributed by atoms with Gasteiger partial charge in [-0.3, -0.25) is 9.89 Å². The van der Waals surface area contributed by atoms with Crippen molar-refractivity contribution < 1.29 is 4.79 Å². The Balaban J connectivity index is 0.000000252. The normalized spacial score (nSPS) is 11.9. The molecule has 0 spiro atoms. The second-order valence-corrected chi connectivity index (χ2v) is 8.29. The van der Waals surface area contributed by atoms with Crippen molar-refractivity contribution in [3.63, 3.8) is 0 Å². The van der Waals surface area contributed by atoms with E-state index in [4.69, 9.17) is 11.6 Å². The largest absolute Gasteiger partial charge is 0.330 e. The van der Waals surface area contributed by atoms with E-state index < -0.39 is 0 Å². The molecule has 1 unspecified atom stereocenters. The van der Waals surface area contributed by atoms with Crippen molar-refractivity contribution in [3.8, 4) is 0 Å². The summed E-state index contributed by atoms with van der Waals surface area (Å²) in [6, 6.07) is 22.4. The molecule has 2 aromatic heterocycles. The smallest absolute Gasteiger partial charge is 0.252 e. The van der Waals surface area contributed by atoms with Gasteiger partial charge in [0.2, 0.25) is 0 Å². The van der Waals surface area contributed by atoms with Crippen LogP contribution in [0.1, 0.15) is 43.2 Å². The Morgan fingerprint density at radius 3 is 2.32 bits per heavy atom. The van der Waals surface area contributed by atoms with E-state index in [0.717, 1.165) is 34.9 Å². The lowest BCUT2D eigenvalue weighted by molar-refractivity contribution is 0.0883. The maximum atomic E-state index is 12.7. The zero-order chi connectivity index (χ0) is 23.9. The summed E-state index contributed by atoms with van der Waals surface area (Å²) in [5, 5.41) is 22.5. The highest BCUT2D eigenvalue weighted by molar-refractivity contribution is 6.30. The molecule has 0 saturated carbocycles. The van der Waals surface area contributed by atoms with E-state index in [9.17, 15) is 4.79 Å². The molecule has 34 heavy (non-hydrogen) atoms. The molecule has 3 aromatic carbocycles. The summed E-state index contributed by atoms with van der Waals surface area (Å²) in [5.41, 5.74) is 4.20. The topological polar surface area (TPSA) is 101 Å². The molecule has 0 aliphatic carbocycles. The van der Waals surface area contributed by atoms with Gasteiger partial charge in [0, 0.05) is 10.6 Å². The van der Waals surface area contributed by atoms with E-state index in [1.807, 2.05) is 53.2 Å². The minimum atomic E-state index is -0.259. The Morgan fingerprint density at radius 2 is 1.62 bits per heavy atom. The molecule has 0 aliphatic rings. The SMILES string of the molecule is CCC(CC)C(NC(=O)c1ccc(Cl)cc1)n1nnc2ccccc21.c1ccc2[nH]nnc2c1. The summed E-state index contributed by atoms with van der Waals surface area (Å²) in [5.74, 6) is 0.106. The minimum absolute atomic E-state index is 0.145. The van der Waals surface area contributed by atoms with Crippen LogP contribution in [0.25, 0.3) is 22.1 Å². The number of fused-ring (bicyclic) bond motifs is 2. The molecule has 2 heterocycles. The number of rotatable bonds is 6. The Bertz CT molecular complexity index is 1330. The van der Waals surface area contributed by atoms with Crippen molar-refractivity contribution in [1.29, 1.82) is 0 Å². The quantitative estimate of drug-likeness (QED) is 0.342.